The van der Waals surface area contributed by atoms with Crippen LogP contribution in [0.4, 0.5) is 0 Å². The van der Waals surface area contributed by atoms with Crippen molar-refractivity contribution in [3.63, 3.8) is 0 Å². The minimum atomic E-state index is -1.74. The van der Waals surface area contributed by atoms with E-state index < -0.39 is 61.4 Å². The molecule has 2 aromatic rings. The van der Waals surface area contributed by atoms with Crippen LogP contribution in [0, 0.1) is 0 Å². The van der Waals surface area contributed by atoms with Crippen molar-refractivity contribution in [1.29, 1.82) is 0 Å². The summed E-state index contributed by atoms with van der Waals surface area (Å²) in [5.41, 5.74) is 1.67. The van der Waals surface area contributed by atoms with E-state index in [1.165, 1.54) is 0 Å². The molecule has 4 rings (SSSR count). The fourth-order valence-electron chi connectivity index (χ4n) is 5.10. The zero-order chi connectivity index (χ0) is 37.5. The van der Waals surface area contributed by atoms with Crippen molar-refractivity contribution in [3.8, 4) is 0 Å². The van der Waals surface area contributed by atoms with Crippen LogP contribution in [0.25, 0.3) is 0 Å². The summed E-state index contributed by atoms with van der Waals surface area (Å²) >= 11 is 0. The number of carbonyl (C=O) groups excluding carboxylic acids is 2. The summed E-state index contributed by atoms with van der Waals surface area (Å²) in [6, 6.07) is 18.2. The second kappa shape index (κ2) is 26.3. The van der Waals surface area contributed by atoms with Gasteiger partial charge in [0.05, 0.1) is 12.2 Å². The monoisotopic (exact) mass is 694 g/mol. The van der Waals surface area contributed by atoms with Gasteiger partial charge in [-0.3, -0.25) is 9.59 Å². The first-order chi connectivity index (χ1) is 23.6. The van der Waals surface area contributed by atoms with E-state index in [9.17, 15) is 40.2 Å². The van der Waals surface area contributed by atoms with E-state index in [1.54, 1.807) is 0 Å². The predicted molar refractivity (Wildman–Crippen MR) is 189 cm³/mol. The zero-order valence-corrected chi connectivity index (χ0v) is 30.5. The maximum atomic E-state index is 12.5. The molecule has 11 heteroatoms. The van der Waals surface area contributed by atoms with Gasteiger partial charge in [-0.25, -0.2) is 0 Å². The van der Waals surface area contributed by atoms with E-state index in [2.05, 4.69) is 0 Å². The molecule has 2 fully saturated rings. The van der Waals surface area contributed by atoms with Gasteiger partial charge in [-0.15, -0.1) is 0 Å². The Hall–Kier alpha value is -2.58. The lowest BCUT2D eigenvalue weighted by atomic mass is 9.93. The third-order valence-electron chi connectivity index (χ3n) is 7.51. The highest BCUT2D eigenvalue weighted by Crippen LogP contribution is 2.30. The lowest BCUT2D eigenvalue weighted by Crippen LogP contribution is -2.63. The molecule has 2 saturated heterocycles. The van der Waals surface area contributed by atoms with Gasteiger partial charge in [-0.1, -0.05) is 116 Å². The molecule has 0 radical (unpaired) electrons. The number of hydrogen-bond acceptors (Lipinski definition) is 11. The Morgan fingerprint density at radius 2 is 0.816 bits per heavy atom. The van der Waals surface area contributed by atoms with Gasteiger partial charge < -0.3 is 44.8 Å². The van der Waals surface area contributed by atoms with Crippen LogP contribution >= 0.6 is 0 Å². The standard InChI is InChI=1S/C30H38O11.4C2H6/c31-19(15-17-7-3-1-4-8-17)11-13-21-23(33)25(35)27(37)29(39-21)41-30-28(38)26(36)24(34)22(40-30)14-12-20(32)16-18-9-5-2-6-10-18;4*1-2/h1-10,21-30,33-38H,11-16H2;4*1-2H3/t21-,22-,23-,24-,25+,26+,27-,28-,29-,30-;;;;/m1..../s1. The quantitative estimate of drug-likeness (QED) is 0.190. The minimum Gasteiger partial charge on any atom is -0.388 e. The number of benzene rings is 2. The molecule has 2 heterocycles. The molecule has 2 aliphatic rings. The highest BCUT2D eigenvalue weighted by molar-refractivity contribution is 5.81. The number of ketones is 2. The molecule has 0 spiro atoms. The minimum absolute atomic E-state index is 0.0258. The molecule has 10 atom stereocenters. The molecular weight excluding hydrogens is 632 g/mol. The number of Topliss-reactive ketones (excluding diaryl/α,β-unsaturated/α-hetero) is 2. The summed E-state index contributed by atoms with van der Waals surface area (Å²) in [5, 5.41) is 62.7. The van der Waals surface area contributed by atoms with Crippen molar-refractivity contribution >= 4 is 11.6 Å². The number of hydrogen-bond donors (Lipinski definition) is 6. The molecule has 0 bridgehead atoms. The smallest absolute Gasteiger partial charge is 0.189 e. The van der Waals surface area contributed by atoms with Gasteiger partial charge in [-0.2, -0.15) is 0 Å². The fraction of sp³-hybridized carbons (Fsp3) is 0.632. The molecule has 0 aliphatic carbocycles. The number of ether oxygens (including phenoxy) is 3. The van der Waals surface area contributed by atoms with Crippen LogP contribution in [-0.4, -0.2) is 104 Å². The van der Waals surface area contributed by atoms with Crippen molar-refractivity contribution in [2.75, 3.05) is 0 Å². The molecule has 0 unspecified atom stereocenters. The maximum absolute atomic E-state index is 12.5. The summed E-state index contributed by atoms with van der Waals surface area (Å²) in [7, 11) is 0. The first-order valence-corrected chi connectivity index (χ1v) is 17.8. The number of aliphatic hydroxyl groups is 6. The Kier molecular flexibility index (Phi) is 24.9. The van der Waals surface area contributed by atoms with Crippen molar-refractivity contribution in [2.45, 2.75) is 155 Å². The maximum Gasteiger partial charge on any atom is 0.189 e. The summed E-state index contributed by atoms with van der Waals surface area (Å²) in [6.07, 6.45) is -14.8. The molecule has 0 aromatic heterocycles. The SMILES string of the molecule is CC.CC.CC.CC.O=C(CC[C@H]1O[C@H](O[C@H]2O[C@H](CCC(=O)Cc3ccccc3)[C@@H](O)[C@H](O)[C@H]2O)[C@H](O)[C@@H](O)[C@@H]1O)Cc1ccccc1. The van der Waals surface area contributed by atoms with Gasteiger partial charge in [0.15, 0.2) is 12.6 Å². The van der Waals surface area contributed by atoms with Crippen LogP contribution in [0.1, 0.15) is 92.2 Å². The van der Waals surface area contributed by atoms with Crippen LogP contribution in [0.5, 0.6) is 0 Å². The highest BCUT2D eigenvalue weighted by atomic mass is 16.8. The molecular formula is C38H62O11. The van der Waals surface area contributed by atoms with E-state index in [1.807, 2.05) is 116 Å². The second-order valence-corrected chi connectivity index (χ2v) is 10.6. The van der Waals surface area contributed by atoms with Gasteiger partial charge in [0.2, 0.25) is 0 Å². The average molecular weight is 695 g/mol. The Bertz CT molecular complexity index is 1030. The molecule has 2 aliphatic heterocycles. The predicted octanol–water partition coefficient (Wildman–Crippen LogP) is 3.91. The summed E-state index contributed by atoms with van der Waals surface area (Å²) in [6.45, 7) is 16.0. The number of carbonyl (C=O) groups is 2. The van der Waals surface area contributed by atoms with Crippen molar-refractivity contribution < 1.29 is 54.4 Å². The van der Waals surface area contributed by atoms with Crippen LogP contribution in [0.2, 0.25) is 0 Å². The summed E-state index contributed by atoms with van der Waals surface area (Å²) in [4.78, 5) is 24.9. The normalized spacial score (nSPS) is 28.8. The Morgan fingerprint density at radius 1 is 0.510 bits per heavy atom. The van der Waals surface area contributed by atoms with Crippen molar-refractivity contribution in [1.82, 2.24) is 0 Å². The highest BCUT2D eigenvalue weighted by Gasteiger charge is 2.49. The van der Waals surface area contributed by atoms with Gasteiger partial charge in [-0.05, 0) is 24.0 Å². The van der Waals surface area contributed by atoms with Crippen LogP contribution in [0.15, 0.2) is 60.7 Å². The van der Waals surface area contributed by atoms with E-state index in [-0.39, 0.29) is 50.1 Å². The molecule has 6 N–H and O–H groups in total. The lowest BCUT2D eigenvalue weighted by molar-refractivity contribution is -0.374. The van der Waals surface area contributed by atoms with E-state index in [0.717, 1.165) is 11.1 Å². The molecule has 0 amide bonds. The van der Waals surface area contributed by atoms with Gasteiger partial charge in [0.25, 0.3) is 0 Å². The summed E-state index contributed by atoms with van der Waals surface area (Å²) < 4.78 is 16.9. The third-order valence-corrected chi connectivity index (χ3v) is 7.51. The van der Waals surface area contributed by atoms with Crippen LogP contribution in [-0.2, 0) is 36.6 Å². The van der Waals surface area contributed by atoms with E-state index in [0.29, 0.717) is 0 Å². The number of aliphatic hydroxyl groups excluding tert-OH is 6. The summed E-state index contributed by atoms with van der Waals surface area (Å²) in [5.74, 6) is -0.226. The number of rotatable bonds is 12. The van der Waals surface area contributed by atoms with Crippen molar-refractivity contribution in [3.05, 3.63) is 71.8 Å². The van der Waals surface area contributed by atoms with Crippen LogP contribution < -0.4 is 0 Å². The topological polar surface area (TPSA) is 183 Å². The van der Waals surface area contributed by atoms with Crippen molar-refractivity contribution in [2.24, 2.45) is 0 Å². The molecule has 280 valence electrons. The first kappa shape index (κ1) is 46.4. The molecule has 49 heavy (non-hydrogen) atoms. The Balaban J connectivity index is 0.00000268. The van der Waals surface area contributed by atoms with Gasteiger partial charge >= 0.3 is 0 Å². The van der Waals surface area contributed by atoms with Crippen LogP contribution in [0.3, 0.4) is 0 Å². The van der Waals surface area contributed by atoms with Gasteiger partial charge in [0.1, 0.15) is 48.2 Å². The fourth-order valence-corrected chi connectivity index (χ4v) is 5.10. The van der Waals surface area contributed by atoms with E-state index in [4.69, 9.17) is 14.2 Å². The first-order valence-electron chi connectivity index (χ1n) is 17.8. The second-order valence-electron chi connectivity index (χ2n) is 10.6. The molecule has 0 saturated carbocycles. The third kappa shape index (κ3) is 15.1. The largest absolute Gasteiger partial charge is 0.388 e. The average Bonchev–Trinajstić information content (AvgIpc) is 3.15. The molecule has 2 aromatic carbocycles. The lowest BCUT2D eigenvalue weighted by Gasteiger charge is -2.45. The van der Waals surface area contributed by atoms with E-state index >= 15 is 0 Å². The Labute approximate surface area is 292 Å². The molecule has 11 nitrogen and oxygen atoms in total. The Morgan fingerprint density at radius 3 is 1.12 bits per heavy atom. The van der Waals surface area contributed by atoms with Gasteiger partial charge in [0, 0.05) is 25.7 Å². The zero-order valence-electron chi connectivity index (χ0n) is 30.5.